The van der Waals surface area contributed by atoms with Crippen molar-refractivity contribution in [1.29, 1.82) is 0 Å². The van der Waals surface area contributed by atoms with Crippen molar-refractivity contribution in [2.24, 2.45) is 5.41 Å². The van der Waals surface area contributed by atoms with E-state index in [1.807, 2.05) is 0 Å². The average molecular weight is 245 g/mol. The highest BCUT2D eigenvalue weighted by molar-refractivity contribution is 5.37. The van der Waals surface area contributed by atoms with Gasteiger partial charge in [0.2, 0.25) is 0 Å². The summed E-state index contributed by atoms with van der Waals surface area (Å²) in [6.45, 7) is 12.7. The third kappa shape index (κ3) is 2.33. The summed E-state index contributed by atoms with van der Waals surface area (Å²) in [5, 5.41) is 3.69. The maximum atomic E-state index is 3.69. The number of benzene rings is 1. The van der Waals surface area contributed by atoms with E-state index >= 15 is 0 Å². The summed E-state index contributed by atoms with van der Waals surface area (Å²) in [6, 6.07) is 7.56. The van der Waals surface area contributed by atoms with Gasteiger partial charge in [0.1, 0.15) is 0 Å². The van der Waals surface area contributed by atoms with Crippen LogP contribution in [0, 0.1) is 19.3 Å². The number of hydrogen-bond acceptors (Lipinski definition) is 1. The highest BCUT2D eigenvalue weighted by Crippen LogP contribution is 2.53. The Morgan fingerprint density at radius 2 is 2.00 bits per heavy atom. The highest BCUT2D eigenvalue weighted by atomic mass is 15.0. The molecule has 0 spiro atoms. The van der Waals surface area contributed by atoms with Gasteiger partial charge in [-0.05, 0) is 55.7 Å². The fourth-order valence-electron chi connectivity index (χ4n) is 3.25. The Kier molecular flexibility index (Phi) is 3.82. The second kappa shape index (κ2) is 5.05. The van der Waals surface area contributed by atoms with E-state index in [1.165, 1.54) is 24.0 Å². The first-order valence-corrected chi connectivity index (χ1v) is 7.27. The predicted octanol–water partition coefficient (Wildman–Crippen LogP) is 4.19. The van der Waals surface area contributed by atoms with Gasteiger partial charge in [-0.2, -0.15) is 0 Å². The Morgan fingerprint density at radius 1 is 1.28 bits per heavy atom. The summed E-state index contributed by atoms with van der Waals surface area (Å²) in [7, 11) is 0. The molecule has 1 N–H and O–H groups in total. The molecule has 0 heterocycles. The summed E-state index contributed by atoms with van der Waals surface area (Å²) in [6.07, 6.45) is 2.51. The molecule has 0 radical (unpaired) electrons. The minimum Gasteiger partial charge on any atom is -0.313 e. The minimum atomic E-state index is 0.383. The molecule has 0 amide bonds. The zero-order valence-electron chi connectivity index (χ0n) is 12.5. The molecule has 1 aromatic rings. The van der Waals surface area contributed by atoms with E-state index in [0.29, 0.717) is 17.4 Å². The Balaban J connectivity index is 2.14. The lowest BCUT2D eigenvalue weighted by Crippen LogP contribution is -2.55. The molecule has 1 aliphatic carbocycles. The molecule has 100 valence electrons. The van der Waals surface area contributed by atoms with Crippen LogP contribution >= 0.6 is 0 Å². The lowest BCUT2D eigenvalue weighted by molar-refractivity contribution is 0.0691. The number of hydrogen-bond donors (Lipinski definition) is 1. The van der Waals surface area contributed by atoms with Crippen LogP contribution in [0.4, 0.5) is 0 Å². The molecule has 1 nitrogen and oxygen atoms in total. The van der Waals surface area contributed by atoms with E-state index in [9.17, 15) is 0 Å². The second-order valence-electron chi connectivity index (χ2n) is 6.48. The van der Waals surface area contributed by atoms with Crippen LogP contribution in [0.2, 0.25) is 0 Å². The van der Waals surface area contributed by atoms with Gasteiger partial charge in [-0.3, -0.25) is 0 Å². The maximum absolute atomic E-state index is 3.69. The summed E-state index contributed by atoms with van der Waals surface area (Å²) in [5.74, 6) is 0.715. The second-order valence-corrected chi connectivity index (χ2v) is 6.48. The van der Waals surface area contributed by atoms with Crippen LogP contribution in [-0.4, -0.2) is 12.6 Å². The SMILES string of the molecule is CCCNC1CC(c2cc(C)ccc2C)C1(C)C. The van der Waals surface area contributed by atoms with Crippen molar-refractivity contribution in [3.63, 3.8) is 0 Å². The largest absolute Gasteiger partial charge is 0.313 e. The first kappa shape index (κ1) is 13.6. The van der Waals surface area contributed by atoms with Crippen LogP contribution in [0.25, 0.3) is 0 Å². The van der Waals surface area contributed by atoms with Crippen molar-refractivity contribution in [3.05, 3.63) is 34.9 Å². The molecule has 2 rings (SSSR count). The summed E-state index contributed by atoms with van der Waals surface area (Å²) < 4.78 is 0. The van der Waals surface area contributed by atoms with Crippen molar-refractivity contribution in [1.82, 2.24) is 5.32 Å². The highest BCUT2D eigenvalue weighted by Gasteiger charge is 2.48. The summed E-state index contributed by atoms with van der Waals surface area (Å²) in [5.41, 5.74) is 4.78. The fraction of sp³-hybridized carbons (Fsp3) is 0.647. The molecule has 1 aliphatic rings. The molecule has 0 bridgehead atoms. The van der Waals surface area contributed by atoms with E-state index in [1.54, 1.807) is 5.56 Å². The zero-order valence-corrected chi connectivity index (χ0v) is 12.5. The van der Waals surface area contributed by atoms with Gasteiger partial charge < -0.3 is 5.32 Å². The van der Waals surface area contributed by atoms with E-state index in [-0.39, 0.29) is 0 Å². The Bertz CT molecular complexity index is 420. The van der Waals surface area contributed by atoms with Crippen LogP contribution in [0.5, 0.6) is 0 Å². The van der Waals surface area contributed by atoms with Gasteiger partial charge in [0.05, 0.1) is 0 Å². The standard InChI is InChI=1S/C17H27N/c1-6-9-18-16-11-15(17(16,4)5)14-10-12(2)7-8-13(14)3/h7-8,10,15-16,18H,6,9,11H2,1-5H3. The van der Waals surface area contributed by atoms with Gasteiger partial charge in [0.25, 0.3) is 0 Å². The predicted molar refractivity (Wildman–Crippen MR) is 79.1 cm³/mol. The Morgan fingerprint density at radius 3 is 2.61 bits per heavy atom. The number of aryl methyl sites for hydroxylation is 2. The Labute approximate surface area is 112 Å². The quantitative estimate of drug-likeness (QED) is 0.839. The van der Waals surface area contributed by atoms with Gasteiger partial charge in [-0.25, -0.2) is 0 Å². The molecule has 18 heavy (non-hydrogen) atoms. The first-order chi connectivity index (χ1) is 8.46. The van der Waals surface area contributed by atoms with Crippen LogP contribution < -0.4 is 5.32 Å². The molecular weight excluding hydrogens is 218 g/mol. The minimum absolute atomic E-state index is 0.383. The molecule has 0 saturated heterocycles. The van der Waals surface area contributed by atoms with E-state index in [4.69, 9.17) is 0 Å². The lowest BCUT2D eigenvalue weighted by atomic mass is 9.55. The van der Waals surface area contributed by atoms with E-state index in [2.05, 4.69) is 58.1 Å². The van der Waals surface area contributed by atoms with Crippen molar-refractivity contribution in [2.45, 2.75) is 59.4 Å². The molecule has 0 aliphatic heterocycles. The summed E-state index contributed by atoms with van der Waals surface area (Å²) >= 11 is 0. The molecule has 0 aromatic heterocycles. The third-order valence-electron chi connectivity index (χ3n) is 4.72. The van der Waals surface area contributed by atoms with Crippen LogP contribution in [0.15, 0.2) is 18.2 Å². The van der Waals surface area contributed by atoms with E-state index < -0.39 is 0 Å². The van der Waals surface area contributed by atoms with Gasteiger partial charge in [0.15, 0.2) is 0 Å². The average Bonchev–Trinajstić information content (AvgIpc) is 2.32. The van der Waals surface area contributed by atoms with Gasteiger partial charge >= 0.3 is 0 Å². The van der Waals surface area contributed by atoms with Crippen molar-refractivity contribution in [3.8, 4) is 0 Å². The molecule has 1 saturated carbocycles. The van der Waals surface area contributed by atoms with Crippen molar-refractivity contribution < 1.29 is 0 Å². The maximum Gasteiger partial charge on any atom is 0.0130 e. The molecule has 1 aromatic carbocycles. The monoisotopic (exact) mass is 245 g/mol. The third-order valence-corrected chi connectivity index (χ3v) is 4.72. The van der Waals surface area contributed by atoms with Gasteiger partial charge in [-0.1, -0.05) is 44.5 Å². The lowest BCUT2D eigenvalue weighted by Gasteiger charge is -2.53. The fourth-order valence-corrected chi connectivity index (χ4v) is 3.25. The summed E-state index contributed by atoms with van der Waals surface area (Å²) in [4.78, 5) is 0. The van der Waals surface area contributed by atoms with Crippen LogP contribution in [-0.2, 0) is 0 Å². The van der Waals surface area contributed by atoms with E-state index in [0.717, 1.165) is 6.54 Å². The molecule has 1 fully saturated rings. The topological polar surface area (TPSA) is 12.0 Å². The van der Waals surface area contributed by atoms with Gasteiger partial charge in [-0.15, -0.1) is 0 Å². The first-order valence-electron chi connectivity index (χ1n) is 7.27. The Hall–Kier alpha value is -0.820. The normalized spacial score (nSPS) is 25.8. The van der Waals surface area contributed by atoms with Crippen molar-refractivity contribution >= 4 is 0 Å². The van der Waals surface area contributed by atoms with Crippen molar-refractivity contribution in [2.75, 3.05) is 6.54 Å². The smallest absolute Gasteiger partial charge is 0.0130 e. The molecule has 1 heteroatoms. The molecule has 2 atom stereocenters. The van der Waals surface area contributed by atoms with Gasteiger partial charge in [0, 0.05) is 6.04 Å². The number of nitrogens with one attached hydrogen (secondary N) is 1. The zero-order chi connectivity index (χ0) is 13.3. The number of rotatable bonds is 4. The van der Waals surface area contributed by atoms with Crippen LogP contribution in [0.3, 0.4) is 0 Å². The molecular formula is C17H27N. The molecule has 2 unspecified atom stereocenters. The van der Waals surface area contributed by atoms with Crippen LogP contribution in [0.1, 0.15) is 56.2 Å².